The van der Waals surface area contributed by atoms with Crippen molar-refractivity contribution in [1.82, 2.24) is 4.72 Å². The number of rotatable bonds is 5. The molecular weight excluding hydrogens is 394 g/mol. The van der Waals surface area contributed by atoms with Gasteiger partial charge >= 0.3 is 0 Å². The minimum Gasteiger partial charge on any atom is -0.372 e. The number of halogens is 2. The number of nitrogens with zero attached hydrogens (tertiary/aromatic N) is 1. The third-order valence-electron chi connectivity index (χ3n) is 4.96. The number of carbonyl (C=O) groups is 1. The van der Waals surface area contributed by atoms with Gasteiger partial charge in [-0.1, -0.05) is 36.4 Å². The van der Waals surface area contributed by atoms with E-state index >= 15 is 0 Å². The molecule has 3 aromatic rings. The van der Waals surface area contributed by atoms with Gasteiger partial charge in [-0.3, -0.25) is 9.52 Å². The number of hydrogen-bond donors (Lipinski definition) is 2. The molecular formula is C22H18F2N2O2S. The lowest BCUT2D eigenvalue weighted by atomic mass is 9.87. The Bertz CT molecular complexity index is 1070. The average molecular weight is 412 g/mol. The summed E-state index contributed by atoms with van der Waals surface area (Å²) in [6.45, 7) is 0.0169. The van der Waals surface area contributed by atoms with Crippen LogP contribution >= 0.6 is 11.9 Å². The zero-order chi connectivity index (χ0) is 20.6. The van der Waals surface area contributed by atoms with E-state index in [9.17, 15) is 18.7 Å². The molecule has 1 heterocycles. The second-order valence-electron chi connectivity index (χ2n) is 6.70. The summed E-state index contributed by atoms with van der Waals surface area (Å²) in [6.07, 6.45) is 0. The summed E-state index contributed by atoms with van der Waals surface area (Å²) < 4.78 is 29.9. The van der Waals surface area contributed by atoms with Crippen molar-refractivity contribution >= 4 is 23.5 Å². The predicted molar refractivity (Wildman–Crippen MR) is 108 cm³/mol. The number of amides is 1. The van der Waals surface area contributed by atoms with Gasteiger partial charge in [0.25, 0.3) is 5.91 Å². The molecule has 1 amide bonds. The van der Waals surface area contributed by atoms with Crippen LogP contribution in [0.2, 0.25) is 0 Å². The molecule has 1 unspecified atom stereocenters. The van der Waals surface area contributed by atoms with Crippen LogP contribution in [0.25, 0.3) is 0 Å². The maximum absolute atomic E-state index is 13.6. The predicted octanol–water partition coefficient (Wildman–Crippen LogP) is 3.97. The first-order valence-electron chi connectivity index (χ1n) is 8.97. The van der Waals surface area contributed by atoms with Crippen LogP contribution in [0.5, 0.6) is 0 Å². The first-order valence-corrected chi connectivity index (χ1v) is 9.78. The average Bonchev–Trinajstić information content (AvgIpc) is 2.94. The third kappa shape index (κ3) is 3.31. The fraction of sp³-hybridized carbons (Fsp3) is 0.136. The molecule has 0 fully saturated rings. The molecule has 3 aromatic carbocycles. The largest absolute Gasteiger partial charge is 0.372 e. The van der Waals surface area contributed by atoms with Gasteiger partial charge in [0, 0.05) is 10.5 Å². The van der Waals surface area contributed by atoms with E-state index in [1.807, 2.05) is 12.1 Å². The van der Waals surface area contributed by atoms with Crippen LogP contribution < -0.4 is 9.62 Å². The van der Waals surface area contributed by atoms with Crippen molar-refractivity contribution < 1.29 is 18.7 Å². The maximum Gasteiger partial charge on any atom is 0.268 e. The van der Waals surface area contributed by atoms with Gasteiger partial charge in [-0.05, 0) is 60.5 Å². The Morgan fingerprint density at radius 3 is 2.45 bits per heavy atom. The Kier molecular flexibility index (Phi) is 5.12. The van der Waals surface area contributed by atoms with Crippen LogP contribution in [-0.4, -0.2) is 18.1 Å². The van der Waals surface area contributed by atoms with Gasteiger partial charge in [-0.25, -0.2) is 8.78 Å². The van der Waals surface area contributed by atoms with Gasteiger partial charge in [0.15, 0.2) is 17.2 Å². The highest BCUT2D eigenvalue weighted by molar-refractivity contribution is 7.97. The summed E-state index contributed by atoms with van der Waals surface area (Å²) in [5, 5.41) is 11.5. The van der Waals surface area contributed by atoms with E-state index in [-0.39, 0.29) is 6.54 Å². The van der Waals surface area contributed by atoms with Crippen molar-refractivity contribution in [3.63, 3.8) is 0 Å². The molecule has 0 saturated carbocycles. The molecule has 0 saturated heterocycles. The van der Waals surface area contributed by atoms with Gasteiger partial charge < -0.3 is 10.0 Å². The van der Waals surface area contributed by atoms with Crippen LogP contribution in [0.15, 0.2) is 71.6 Å². The zero-order valence-corrected chi connectivity index (χ0v) is 16.3. The van der Waals surface area contributed by atoms with E-state index in [1.165, 1.54) is 22.9 Å². The Morgan fingerprint density at radius 2 is 1.76 bits per heavy atom. The first-order chi connectivity index (χ1) is 13.9. The number of aliphatic hydroxyl groups is 1. The molecule has 29 heavy (non-hydrogen) atoms. The standard InChI is InChI=1S/C22H18F2N2O2S/c1-25-29-16-9-7-15(8-10-16)22(28)17-4-2-3-5-20(17)26(21(22)27)13-14-6-11-18(23)19(24)12-14/h2-12,25,28H,13H2,1H3. The number of anilines is 1. The number of para-hydroxylation sites is 1. The molecule has 0 bridgehead atoms. The zero-order valence-electron chi connectivity index (χ0n) is 15.5. The Labute approximate surface area is 171 Å². The van der Waals surface area contributed by atoms with Gasteiger partial charge in [0.2, 0.25) is 0 Å². The highest BCUT2D eigenvalue weighted by atomic mass is 32.2. The van der Waals surface area contributed by atoms with E-state index in [4.69, 9.17) is 0 Å². The number of hydrogen-bond acceptors (Lipinski definition) is 4. The van der Waals surface area contributed by atoms with Crippen molar-refractivity contribution in [2.24, 2.45) is 0 Å². The molecule has 7 heteroatoms. The van der Waals surface area contributed by atoms with E-state index in [0.717, 1.165) is 17.0 Å². The Balaban J connectivity index is 1.74. The lowest BCUT2D eigenvalue weighted by Gasteiger charge is -2.24. The van der Waals surface area contributed by atoms with Crippen LogP contribution in [0.4, 0.5) is 14.5 Å². The first kappa shape index (κ1) is 19.6. The van der Waals surface area contributed by atoms with Gasteiger partial charge in [0.1, 0.15) is 0 Å². The molecule has 1 aliphatic heterocycles. The molecule has 4 nitrogen and oxygen atoms in total. The topological polar surface area (TPSA) is 52.6 Å². The van der Waals surface area contributed by atoms with E-state index in [0.29, 0.717) is 22.4 Å². The van der Waals surface area contributed by atoms with Crippen molar-refractivity contribution in [3.8, 4) is 0 Å². The van der Waals surface area contributed by atoms with E-state index < -0.39 is 23.1 Å². The molecule has 1 aliphatic rings. The van der Waals surface area contributed by atoms with Crippen LogP contribution in [-0.2, 0) is 16.9 Å². The van der Waals surface area contributed by atoms with E-state index in [1.54, 1.807) is 43.4 Å². The molecule has 1 atom stereocenters. The normalized spacial score (nSPS) is 18.2. The third-order valence-corrected chi connectivity index (χ3v) is 5.67. The van der Waals surface area contributed by atoms with Crippen molar-refractivity contribution in [1.29, 1.82) is 0 Å². The number of benzene rings is 3. The minimum absolute atomic E-state index is 0.0169. The van der Waals surface area contributed by atoms with Crippen molar-refractivity contribution in [3.05, 3.63) is 95.1 Å². The second kappa shape index (κ2) is 7.59. The summed E-state index contributed by atoms with van der Waals surface area (Å²) in [4.78, 5) is 15.7. The Hall–Kier alpha value is -2.74. The van der Waals surface area contributed by atoms with Crippen molar-refractivity contribution in [2.45, 2.75) is 17.0 Å². The summed E-state index contributed by atoms with van der Waals surface area (Å²) in [5.74, 6) is -2.45. The Morgan fingerprint density at radius 1 is 1.03 bits per heavy atom. The number of carbonyl (C=O) groups excluding carboxylic acids is 1. The van der Waals surface area contributed by atoms with Gasteiger partial charge in [-0.15, -0.1) is 0 Å². The summed E-state index contributed by atoms with van der Waals surface area (Å²) >= 11 is 1.42. The molecule has 0 radical (unpaired) electrons. The number of fused-ring (bicyclic) bond motifs is 1. The van der Waals surface area contributed by atoms with Gasteiger partial charge in [-0.2, -0.15) is 0 Å². The highest BCUT2D eigenvalue weighted by Gasteiger charge is 2.50. The molecule has 0 aromatic heterocycles. The van der Waals surface area contributed by atoms with Crippen LogP contribution in [0.1, 0.15) is 16.7 Å². The fourth-order valence-electron chi connectivity index (χ4n) is 3.57. The van der Waals surface area contributed by atoms with Crippen molar-refractivity contribution in [2.75, 3.05) is 11.9 Å². The highest BCUT2D eigenvalue weighted by Crippen LogP contribution is 2.45. The smallest absolute Gasteiger partial charge is 0.268 e. The summed E-state index contributed by atoms with van der Waals surface area (Å²) in [5.41, 5.74) is 0.0261. The SMILES string of the molecule is CNSc1ccc(C2(O)C(=O)N(Cc3ccc(F)c(F)c3)c3ccccc32)cc1. The maximum atomic E-state index is 13.6. The molecule has 0 spiro atoms. The number of nitrogens with one attached hydrogen (secondary N) is 1. The molecule has 4 rings (SSSR count). The summed E-state index contributed by atoms with van der Waals surface area (Å²) in [6, 6.07) is 17.6. The van der Waals surface area contributed by atoms with Crippen LogP contribution in [0, 0.1) is 11.6 Å². The lowest BCUT2D eigenvalue weighted by molar-refractivity contribution is -0.132. The second-order valence-corrected chi connectivity index (χ2v) is 7.78. The van der Waals surface area contributed by atoms with E-state index in [2.05, 4.69) is 4.72 Å². The molecule has 148 valence electrons. The van der Waals surface area contributed by atoms with Crippen LogP contribution in [0.3, 0.4) is 0 Å². The van der Waals surface area contributed by atoms with Gasteiger partial charge in [0.05, 0.1) is 12.2 Å². The summed E-state index contributed by atoms with van der Waals surface area (Å²) in [7, 11) is 1.80. The minimum atomic E-state index is -1.85. The molecule has 0 aliphatic carbocycles. The lowest BCUT2D eigenvalue weighted by Crippen LogP contribution is -2.40. The molecule has 2 N–H and O–H groups in total. The fourth-order valence-corrected chi connectivity index (χ4v) is 4.08. The quantitative estimate of drug-likeness (QED) is 0.623. The monoisotopic (exact) mass is 412 g/mol.